The Balaban J connectivity index is 4.30. The fourth-order valence-electron chi connectivity index (χ4n) is 7.45. The zero-order valence-electron chi connectivity index (χ0n) is 40.0. The highest BCUT2D eigenvalue weighted by atomic mass is 16.6. The number of rotatable bonds is 47. The van der Waals surface area contributed by atoms with Gasteiger partial charge in [0.25, 0.3) is 0 Å². The maximum Gasteiger partial charge on any atom is 0.306 e. The van der Waals surface area contributed by atoms with Crippen molar-refractivity contribution < 1.29 is 28.6 Å². The Morgan fingerprint density at radius 3 is 0.967 bits per heavy atom. The van der Waals surface area contributed by atoms with Crippen molar-refractivity contribution in [2.24, 2.45) is 0 Å². The molecule has 6 nitrogen and oxygen atoms in total. The van der Waals surface area contributed by atoms with Gasteiger partial charge < -0.3 is 14.2 Å². The highest BCUT2D eigenvalue weighted by Gasteiger charge is 2.19. The third kappa shape index (κ3) is 46.7. The Bertz CT molecular complexity index is 1020. The zero-order chi connectivity index (χ0) is 43.7. The molecule has 1 unspecified atom stereocenters. The van der Waals surface area contributed by atoms with Crippen LogP contribution < -0.4 is 0 Å². The van der Waals surface area contributed by atoms with E-state index in [9.17, 15) is 14.4 Å². The molecular weight excluding hydrogens is 745 g/mol. The van der Waals surface area contributed by atoms with Crippen LogP contribution in [0.2, 0.25) is 0 Å². The summed E-state index contributed by atoms with van der Waals surface area (Å²) in [6.07, 6.45) is 57.0. The van der Waals surface area contributed by atoms with E-state index in [1.54, 1.807) is 0 Å². The number of hydrogen-bond acceptors (Lipinski definition) is 6. The first-order chi connectivity index (χ1) is 29.5. The first-order valence-electron chi connectivity index (χ1n) is 26.0. The third-order valence-corrected chi connectivity index (χ3v) is 11.4. The maximum atomic E-state index is 12.8. The number of hydrogen-bond donors (Lipinski definition) is 0. The van der Waals surface area contributed by atoms with Crippen molar-refractivity contribution in [3.8, 4) is 0 Å². The molecule has 0 bridgehead atoms. The summed E-state index contributed by atoms with van der Waals surface area (Å²) >= 11 is 0. The lowest BCUT2D eigenvalue weighted by molar-refractivity contribution is -0.167. The average Bonchev–Trinajstić information content (AvgIpc) is 3.24. The Hall–Kier alpha value is -2.37. The topological polar surface area (TPSA) is 78.9 Å². The van der Waals surface area contributed by atoms with Crippen LogP contribution in [0.5, 0.6) is 0 Å². The van der Waals surface area contributed by atoms with Crippen LogP contribution in [0.3, 0.4) is 0 Å². The van der Waals surface area contributed by atoms with Crippen LogP contribution in [-0.4, -0.2) is 37.2 Å². The quantitative estimate of drug-likeness (QED) is 0.0263. The minimum Gasteiger partial charge on any atom is -0.462 e. The minimum absolute atomic E-state index is 0.0727. The molecule has 0 saturated carbocycles. The number of ether oxygens (including phenoxy) is 3. The van der Waals surface area contributed by atoms with Gasteiger partial charge in [0, 0.05) is 19.3 Å². The Morgan fingerprint density at radius 2 is 0.600 bits per heavy atom. The van der Waals surface area contributed by atoms with E-state index in [0.29, 0.717) is 19.3 Å². The van der Waals surface area contributed by atoms with Crippen molar-refractivity contribution in [2.75, 3.05) is 13.2 Å². The van der Waals surface area contributed by atoms with Crippen molar-refractivity contribution in [3.63, 3.8) is 0 Å². The molecule has 60 heavy (non-hydrogen) atoms. The molecule has 0 amide bonds. The fourth-order valence-corrected chi connectivity index (χ4v) is 7.45. The van der Waals surface area contributed by atoms with Gasteiger partial charge in [-0.25, -0.2) is 0 Å². The van der Waals surface area contributed by atoms with E-state index in [1.807, 2.05) is 0 Å². The predicted octanol–water partition coefficient (Wildman–Crippen LogP) is 16.9. The number of carbonyl (C=O) groups excluding carboxylic acids is 3. The van der Waals surface area contributed by atoms with E-state index in [4.69, 9.17) is 14.2 Å². The van der Waals surface area contributed by atoms with Crippen molar-refractivity contribution in [3.05, 3.63) is 36.5 Å². The molecule has 0 fully saturated rings. The zero-order valence-corrected chi connectivity index (χ0v) is 40.0. The van der Waals surface area contributed by atoms with E-state index < -0.39 is 6.10 Å². The Kier molecular flexibility index (Phi) is 47.3. The highest BCUT2D eigenvalue weighted by molar-refractivity contribution is 5.71. The number of carbonyl (C=O) groups is 3. The van der Waals surface area contributed by atoms with E-state index in [2.05, 4.69) is 57.2 Å². The number of esters is 3. The largest absolute Gasteiger partial charge is 0.462 e. The summed E-state index contributed by atoms with van der Waals surface area (Å²) in [6, 6.07) is 0. The first-order valence-corrected chi connectivity index (χ1v) is 26.0. The average molecular weight is 843 g/mol. The second kappa shape index (κ2) is 49.3. The summed E-state index contributed by atoms with van der Waals surface area (Å²) in [5.74, 6) is -0.877. The van der Waals surface area contributed by atoms with Crippen LogP contribution in [0.4, 0.5) is 0 Å². The van der Waals surface area contributed by atoms with Crippen LogP contribution in [0, 0.1) is 0 Å². The number of unbranched alkanes of at least 4 members (excludes halogenated alkanes) is 30. The lowest BCUT2D eigenvalue weighted by atomic mass is 10.0. The molecule has 0 radical (unpaired) electrons. The van der Waals surface area contributed by atoms with Crippen LogP contribution >= 0.6 is 0 Å². The molecule has 0 aliphatic carbocycles. The smallest absolute Gasteiger partial charge is 0.306 e. The lowest BCUT2D eigenvalue weighted by Crippen LogP contribution is -2.30. The van der Waals surface area contributed by atoms with Gasteiger partial charge in [-0.2, -0.15) is 0 Å². The van der Waals surface area contributed by atoms with Gasteiger partial charge in [0.05, 0.1) is 0 Å². The highest BCUT2D eigenvalue weighted by Crippen LogP contribution is 2.15. The van der Waals surface area contributed by atoms with Crippen molar-refractivity contribution in [2.45, 2.75) is 277 Å². The van der Waals surface area contributed by atoms with Crippen molar-refractivity contribution in [1.82, 2.24) is 0 Å². The van der Waals surface area contributed by atoms with Gasteiger partial charge in [0.2, 0.25) is 0 Å². The molecular formula is C54H98O6. The lowest BCUT2D eigenvalue weighted by Gasteiger charge is -2.18. The van der Waals surface area contributed by atoms with Gasteiger partial charge >= 0.3 is 17.9 Å². The van der Waals surface area contributed by atoms with Gasteiger partial charge in [-0.1, -0.05) is 231 Å². The monoisotopic (exact) mass is 843 g/mol. The molecule has 0 aliphatic heterocycles. The number of allylic oxidation sites excluding steroid dienone is 6. The molecule has 0 aromatic carbocycles. The van der Waals surface area contributed by atoms with Crippen LogP contribution in [-0.2, 0) is 28.6 Å². The van der Waals surface area contributed by atoms with Crippen LogP contribution in [0.1, 0.15) is 271 Å². The molecule has 6 heteroatoms. The first kappa shape index (κ1) is 57.6. The van der Waals surface area contributed by atoms with E-state index in [-0.39, 0.29) is 31.1 Å². The van der Waals surface area contributed by atoms with Gasteiger partial charge in [-0.05, 0) is 57.8 Å². The van der Waals surface area contributed by atoms with Crippen molar-refractivity contribution >= 4 is 17.9 Å². The maximum absolute atomic E-state index is 12.8. The van der Waals surface area contributed by atoms with E-state index in [0.717, 1.165) is 77.0 Å². The summed E-state index contributed by atoms with van der Waals surface area (Å²) in [5.41, 5.74) is 0. The summed E-state index contributed by atoms with van der Waals surface area (Å²) in [6.45, 7) is 6.60. The molecule has 0 spiro atoms. The summed E-state index contributed by atoms with van der Waals surface area (Å²) in [5, 5.41) is 0. The second-order valence-corrected chi connectivity index (χ2v) is 17.4. The van der Waals surface area contributed by atoms with Crippen LogP contribution in [0.15, 0.2) is 36.5 Å². The molecule has 0 N–H and O–H groups in total. The second-order valence-electron chi connectivity index (χ2n) is 17.4. The molecule has 0 saturated heterocycles. The molecule has 0 aliphatic rings. The van der Waals surface area contributed by atoms with Crippen molar-refractivity contribution in [1.29, 1.82) is 0 Å². The molecule has 1 atom stereocenters. The normalized spacial score (nSPS) is 12.2. The van der Waals surface area contributed by atoms with Crippen LogP contribution in [0.25, 0.3) is 0 Å². The SMILES string of the molecule is CCCCC/C=C\C/C=C\C/C=C\CCCCCCCCC(=O)OCC(COC(=O)CCCCCCCCCCC)OC(=O)CCCCCCCCCCCCCCCC. The summed E-state index contributed by atoms with van der Waals surface area (Å²) in [7, 11) is 0. The molecule has 0 aromatic heterocycles. The molecule has 0 heterocycles. The van der Waals surface area contributed by atoms with Gasteiger partial charge in [-0.3, -0.25) is 14.4 Å². The molecule has 0 rings (SSSR count). The standard InChI is InChI=1S/C54H98O6/c1-4-7-10-13-16-19-21-23-25-26-27-28-29-31-32-35-38-41-44-47-53(56)59-50-51(49-58-52(55)46-43-40-37-34-18-15-12-9-6-3)60-54(57)48-45-42-39-36-33-30-24-22-20-17-14-11-8-5-2/h16,19,23,25,27-28,51H,4-15,17-18,20-22,24,26,29-50H2,1-3H3/b19-16-,25-23-,28-27-. The molecule has 350 valence electrons. The Labute approximate surface area is 372 Å². The summed E-state index contributed by atoms with van der Waals surface area (Å²) < 4.78 is 16.8. The third-order valence-electron chi connectivity index (χ3n) is 11.4. The van der Waals surface area contributed by atoms with E-state index in [1.165, 1.54) is 154 Å². The van der Waals surface area contributed by atoms with E-state index >= 15 is 0 Å². The predicted molar refractivity (Wildman–Crippen MR) is 256 cm³/mol. The van der Waals surface area contributed by atoms with Gasteiger partial charge in [0.1, 0.15) is 13.2 Å². The molecule has 0 aromatic rings. The Morgan fingerprint density at radius 1 is 0.333 bits per heavy atom. The minimum atomic E-state index is -0.771. The fraction of sp³-hybridized carbons (Fsp3) is 0.833. The van der Waals surface area contributed by atoms with Gasteiger partial charge in [-0.15, -0.1) is 0 Å². The van der Waals surface area contributed by atoms with Gasteiger partial charge in [0.15, 0.2) is 6.10 Å². The summed E-state index contributed by atoms with van der Waals surface area (Å²) in [4.78, 5) is 37.9.